The number of likely N-dealkylation sites (tertiary alicyclic amines) is 1. The van der Waals surface area contributed by atoms with Gasteiger partial charge in [-0.25, -0.2) is 4.99 Å². The minimum Gasteiger partial charge on any atom is -0.496 e. The Morgan fingerprint density at radius 3 is 2.82 bits per heavy atom. The van der Waals surface area contributed by atoms with Crippen LogP contribution in [0.5, 0.6) is 5.75 Å². The van der Waals surface area contributed by atoms with Crippen molar-refractivity contribution < 1.29 is 4.74 Å². The number of thiophene rings is 1. The van der Waals surface area contributed by atoms with Crippen LogP contribution in [-0.2, 0) is 6.54 Å². The van der Waals surface area contributed by atoms with Crippen LogP contribution in [0.3, 0.4) is 0 Å². The van der Waals surface area contributed by atoms with Crippen molar-refractivity contribution in [2.45, 2.75) is 19.4 Å². The largest absolute Gasteiger partial charge is 0.496 e. The number of amidine groups is 1. The summed E-state index contributed by atoms with van der Waals surface area (Å²) in [4.78, 5) is 7.99. The van der Waals surface area contributed by atoms with Crippen molar-refractivity contribution in [2.24, 2.45) is 10.7 Å². The Morgan fingerprint density at radius 1 is 1.32 bits per heavy atom. The van der Waals surface area contributed by atoms with Crippen LogP contribution in [0.25, 0.3) is 0 Å². The first-order chi connectivity index (χ1) is 10.8. The highest BCUT2D eigenvalue weighted by molar-refractivity contribution is 7.12. The van der Waals surface area contributed by atoms with Crippen LogP contribution in [0.4, 0.5) is 5.69 Å². The number of nitrogens with zero attached hydrogens (tertiary/aromatic N) is 2. The Labute approximate surface area is 135 Å². The number of hydrogen-bond donors (Lipinski definition) is 1. The monoisotopic (exact) mass is 315 g/mol. The van der Waals surface area contributed by atoms with Gasteiger partial charge in [-0.05, 0) is 55.6 Å². The van der Waals surface area contributed by atoms with Crippen molar-refractivity contribution in [3.05, 3.63) is 46.2 Å². The predicted molar refractivity (Wildman–Crippen MR) is 92.2 cm³/mol. The fourth-order valence-corrected chi connectivity index (χ4v) is 3.39. The standard InChI is InChI=1S/C17H21N3OS/c1-21-15-7-6-14(19-17(18)16-5-4-10-22-16)11-13(15)12-20-8-2-3-9-20/h4-7,10-11H,2-3,8-9,12H2,1H3,(H2,18,19). The number of rotatable bonds is 5. The molecule has 3 rings (SSSR count). The van der Waals surface area contributed by atoms with Gasteiger partial charge in [0.1, 0.15) is 11.6 Å². The maximum Gasteiger partial charge on any atom is 0.141 e. The number of methoxy groups -OCH3 is 1. The summed E-state index contributed by atoms with van der Waals surface area (Å²) in [5.41, 5.74) is 8.12. The van der Waals surface area contributed by atoms with E-state index in [0.29, 0.717) is 5.84 Å². The van der Waals surface area contributed by atoms with Crippen LogP contribution >= 0.6 is 11.3 Å². The lowest BCUT2D eigenvalue weighted by atomic mass is 10.1. The third-order valence-corrected chi connectivity index (χ3v) is 4.77. The highest BCUT2D eigenvalue weighted by atomic mass is 32.1. The van der Waals surface area contributed by atoms with Gasteiger partial charge in [-0.2, -0.15) is 0 Å². The minimum absolute atomic E-state index is 0.562. The fraction of sp³-hybridized carbons (Fsp3) is 0.353. The van der Waals surface area contributed by atoms with E-state index in [1.807, 2.05) is 29.6 Å². The molecule has 22 heavy (non-hydrogen) atoms. The summed E-state index contributed by atoms with van der Waals surface area (Å²) in [5.74, 6) is 1.48. The molecule has 0 saturated carbocycles. The van der Waals surface area contributed by atoms with Crippen LogP contribution in [0.15, 0.2) is 40.7 Å². The van der Waals surface area contributed by atoms with Gasteiger partial charge in [0.25, 0.3) is 0 Å². The normalized spacial score (nSPS) is 16.1. The molecule has 2 N–H and O–H groups in total. The predicted octanol–water partition coefficient (Wildman–Crippen LogP) is 3.39. The Kier molecular flexibility index (Phi) is 4.75. The molecule has 1 aliphatic rings. The zero-order valence-corrected chi connectivity index (χ0v) is 13.6. The van der Waals surface area contributed by atoms with Crippen molar-refractivity contribution in [3.63, 3.8) is 0 Å². The van der Waals surface area contributed by atoms with E-state index in [0.717, 1.165) is 35.9 Å². The molecule has 116 valence electrons. The minimum atomic E-state index is 0.562. The van der Waals surface area contributed by atoms with Gasteiger partial charge in [-0.15, -0.1) is 11.3 Å². The molecular formula is C17H21N3OS. The first-order valence-electron chi connectivity index (χ1n) is 7.53. The van der Waals surface area contributed by atoms with Gasteiger partial charge in [0.15, 0.2) is 0 Å². The summed E-state index contributed by atoms with van der Waals surface area (Å²) in [6, 6.07) is 9.98. The second-order valence-corrected chi connectivity index (χ2v) is 6.40. The summed E-state index contributed by atoms with van der Waals surface area (Å²) in [6.07, 6.45) is 2.57. The van der Waals surface area contributed by atoms with Gasteiger partial charge in [0, 0.05) is 12.1 Å². The first-order valence-corrected chi connectivity index (χ1v) is 8.41. The van der Waals surface area contributed by atoms with Gasteiger partial charge in [-0.3, -0.25) is 4.90 Å². The maximum absolute atomic E-state index is 6.07. The highest BCUT2D eigenvalue weighted by Gasteiger charge is 2.14. The zero-order valence-electron chi connectivity index (χ0n) is 12.8. The SMILES string of the molecule is COc1ccc(N=C(N)c2cccs2)cc1CN1CCCC1. The molecule has 0 aliphatic carbocycles. The molecule has 0 unspecified atom stereocenters. The Hall–Kier alpha value is -1.85. The van der Waals surface area contributed by atoms with Crippen molar-refractivity contribution >= 4 is 22.9 Å². The second-order valence-electron chi connectivity index (χ2n) is 5.45. The topological polar surface area (TPSA) is 50.9 Å². The molecule has 2 aromatic rings. The Balaban J connectivity index is 1.84. The molecule has 1 aromatic carbocycles. The molecule has 0 spiro atoms. The van der Waals surface area contributed by atoms with E-state index in [-0.39, 0.29) is 0 Å². The van der Waals surface area contributed by atoms with Gasteiger partial charge in [0.2, 0.25) is 0 Å². The van der Waals surface area contributed by atoms with Gasteiger partial charge in [0.05, 0.1) is 17.7 Å². The lowest BCUT2D eigenvalue weighted by Crippen LogP contribution is -2.18. The Morgan fingerprint density at radius 2 is 2.14 bits per heavy atom. The van der Waals surface area contributed by atoms with Crippen LogP contribution in [-0.4, -0.2) is 30.9 Å². The molecule has 1 aliphatic heterocycles. The van der Waals surface area contributed by atoms with Crippen LogP contribution in [0, 0.1) is 0 Å². The third-order valence-electron chi connectivity index (χ3n) is 3.88. The van der Waals surface area contributed by atoms with Gasteiger partial charge in [-0.1, -0.05) is 6.07 Å². The molecule has 1 aromatic heterocycles. The number of hydrogen-bond acceptors (Lipinski definition) is 4. The average molecular weight is 315 g/mol. The average Bonchev–Trinajstić information content (AvgIpc) is 3.21. The molecule has 1 saturated heterocycles. The van der Waals surface area contributed by atoms with Crippen LogP contribution < -0.4 is 10.5 Å². The van der Waals surface area contributed by atoms with Gasteiger partial charge < -0.3 is 10.5 Å². The molecule has 0 amide bonds. The number of nitrogens with two attached hydrogens (primary N) is 1. The molecule has 0 radical (unpaired) electrons. The molecule has 2 heterocycles. The molecule has 1 fully saturated rings. The number of aliphatic imine (C=N–C) groups is 1. The van der Waals surface area contributed by atoms with E-state index >= 15 is 0 Å². The third kappa shape index (κ3) is 3.48. The van der Waals surface area contributed by atoms with E-state index in [1.54, 1.807) is 18.4 Å². The molecule has 4 nitrogen and oxygen atoms in total. The molecule has 5 heteroatoms. The molecule has 0 atom stereocenters. The lowest BCUT2D eigenvalue weighted by molar-refractivity contribution is 0.321. The summed E-state index contributed by atoms with van der Waals surface area (Å²) in [5, 5.41) is 2.00. The fourth-order valence-electron chi connectivity index (χ4n) is 2.76. The lowest BCUT2D eigenvalue weighted by Gasteiger charge is -2.17. The highest BCUT2D eigenvalue weighted by Crippen LogP contribution is 2.27. The molecule has 0 bridgehead atoms. The van der Waals surface area contributed by atoms with Crippen molar-refractivity contribution in [1.82, 2.24) is 4.90 Å². The second kappa shape index (κ2) is 6.94. The van der Waals surface area contributed by atoms with E-state index < -0.39 is 0 Å². The first kappa shape index (κ1) is 15.1. The van der Waals surface area contributed by atoms with Crippen molar-refractivity contribution in [1.29, 1.82) is 0 Å². The maximum atomic E-state index is 6.07. The van der Waals surface area contributed by atoms with E-state index in [2.05, 4.69) is 16.0 Å². The quantitative estimate of drug-likeness (QED) is 0.679. The number of ether oxygens (including phenoxy) is 1. The van der Waals surface area contributed by atoms with Crippen LogP contribution in [0.1, 0.15) is 23.3 Å². The van der Waals surface area contributed by atoms with Crippen LogP contribution in [0.2, 0.25) is 0 Å². The van der Waals surface area contributed by atoms with Gasteiger partial charge >= 0.3 is 0 Å². The van der Waals surface area contributed by atoms with Crippen molar-refractivity contribution in [2.75, 3.05) is 20.2 Å². The summed E-state index contributed by atoms with van der Waals surface area (Å²) >= 11 is 1.60. The van der Waals surface area contributed by atoms with E-state index in [4.69, 9.17) is 10.5 Å². The number of benzene rings is 1. The Bertz CT molecular complexity index is 646. The summed E-state index contributed by atoms with van der Waals surface area (Å²) < 4.78 is 5.48. The van der Waals surface area contributed by atoms with Crippen molar-refractivity contribution in [3.8, 4) is 5.75 Å². The smallest absolute Gasteiger partial charge is 0.141 e. The summed E-state index contributed by atoms with van der Waals surface area (Å²) in [6.45, 7) is 3.23. The summed E-state index contributed by atoms with van der Waals surface area (Å²) in [7, 11) is 1.71. The molecular weight excluding hydrogens is 294 g/mol. The van der Waals surface area contributed by atoms with E-state index in [9.17, 15) is 0 Å². The zero-order chi connectivity index (χ0) is 15.4. The van der Waals surface area contributed by atoms with E-state index in [1.165, 1.54) is 18.4 Å².